The second kappa shape index (κ2) is 9.64. The third-order valence-electron chi connectivity index (χ3n) is 4.12. The molecule has 7 heteroatoms. The first-order chi connectivity index (χ1) is 13.4. The average Bonchev–Trinajstić information content (AvgIpc) is 2.70. The molecule has 7 nitrogen and oxygen atoms in total. The van der Waals surface area contributed by atoms with Crippen molar-refractivity contribution in [2.24, 2.45) is 0 Å². The van der Waals surface area contributed by atoms with Crippen LogP contribution in [0.4, 0.5) is 5.69 Å². The number of amides is 1. The smallest absolute Gasteiger partial charge is 0.340 e. The maximum Gasteiger partial charge on any atom is 0.340 e. The highest BCUT2D eigenvalue weighted by Crippen LogP contribution is 2.34. The van der Waals surface area contributed by atoms with E-state index in [-0.39, 0.29) is 17.2 Å². The second-order valence-corrected chi connectivity index (χ2v) is 6.06. The lowest BCUT2D eigenvalue weighted by Gasteiger charge is -2.19. The Morgan fingerprint density at radius 2 is 1.71 bits per heavy atom. The van der Waals surface area contributed by atoms with Gasteiger partial charge in [-0.15, -0.1) is 0 Å². The number of benzene rings is 2. The van der Waals surface area contributed by atoms with Crippen molar-refractivity contribution >= 4 is 17.6 Å². The first kappa shape index (κ1) is 21.1. The molecule has 0 spiro atoms. The molecule has 2 aromatic rings. The highest BCUT2D eigenvalue weighted by molar-refractivity contribution is 6.03. The zero-order chi connectivity index (χ0) is 20.7. The minimum Gasteiger partial charge on any atom is -0.493 e. The van der Waals surface area contributed by atoms with Crippen LogP contribution in [0.25, 0.3) is 0 Å². The van der Waals surface area contributed by atoms with Gasteiger partial charge in [0.15, 0.2) is 17.6 Å². The molecule has 0 aliphatic heterocycles. The van der Waals surface area contributed by atoms with Crippen molar-refractivity contribution in [2.45, 2.75) is 26.4 Å². The Morgan fingerprint density at radius 3 is 2.29 bits per heavy atom. The van der Waals surface area contributed by atoms with Gasteiger partial charge in [-0.25, -0.2) is 4.79 Å². The summed E-state index contributed by atoms with van der Waals surface area (Å²) in [7, 11) is 4.19. The molecular formula is C21H25NO6. The van der Waals surface area contributed by atoms with E-state index < -0.39 is 12.1 Å². The van der Waals surface area contributed by atoms with Crippen LogP contribution >= 0.6 is 0 Å². The van der Waals surface area contributed by atoms with Gasteiger partial charge in [0, 0.05) is 12.1 Å². The lowest BCUT2D eigenvalue weighted by Crippen LogP contribution is -2.33. The van der Waals surface area contributed by atoms with Gasteiger partial charge in [-0.05, 0) is 31.0 Å². The molecule has 0 saturated heterocycles. The fourth-order valence-corrected chi connectivity index (χ4v) is 2.65. The summed E-state index contributed by atoms with van der Waals surface area (Å²) in [5, 5.41) is 2.74. The highest BCUT2D eigenvalue weighted by Gasteiger charge is 2.23. The number of ether oxygens (including phenoxy) is 4. The first-order valence-electron chi connectivity index (χ1n) is 8.82. The summed E-state index contributed by atoms with van der Waals surface area (Å²) in [6, 6.07) is 10.4. The number of hydrogen-bond acceptors (Lipinski definition) is 6. The summed E-state index contributed by atoms with van der Waals surface area (Å²) < 4.78 is 21.1. The monoisotopic (exact) mass is 387 g/mol. The Labute approximate surface area is 164 Å². The zero-order valence-corrected chi connectivity index (χ0v) is 16.7. The summed E-state index contributed by atoms with van der Waals surface area (Å²) in [6.45, 7) is 3.79. The van der Waals surface area contributed by atoms with Crippen molar-refractivity contribution < 1.29 is 28.5 Å². The van der Waals surface area contributed by atoms with E-state index in [9.17, 15) is 9.59 Å². The van der Waals surface area contributed by atoms with Crippen molar-refractivity contribution in [1.29, 1.82) is 0 Å². The van der Waals surface area contributed by atoms with Gasteiger partial charge in [0.05, 0.1) is 32.6 Å². The van der Waals surface area contributed by atoms with Gasteiger partial charge < -0.3 is 24.3 Å². The number of anilines is 1. The fourth-order valence-electron chi connectivity index (χ4n) is 2.65. The van der Waals surface area contributed by atoms with Crippen LogP contribution in [0.15, 0.2) is 36.4 Å². The maximum absolute atomic E-state index is 12.8. The van der Waals surface area contributed by atoms with E-state index in [1.807, 2.05) is 32.0 Å². The van der Waals surface area contributed by atoms with Gasteiger partial charge in [-0.3, -0.25) is 4.79 Å². The van der Waals surface area contributed by atoms with E-state index in [4.69, 9.17) is 18.9 Å². The molecule has 0 bridgehead atoms. The lowest BCUT2D eigenvalue weighted by atomic mass is 10.1. The maximum atomic E-state index is 12.8. The fraction of sp³-hybridized carbons (Fsp3) is 0.333. The Bertz CT molecular complexity index is 849. The number of nitrogens with one attached hydrogen (secondary N) is 1. The number of methoxy groups -OCH3 is 3. The summed E-state index contributed by atoms with van der Waals surface area (Å²) in [5.74, 6) is 0.329. The SMILES string of the molecule is CC[C@@H](Oc1cccc(C)c1)C(=O)Nc1cc(OC)c(OC)cc1C(=O)OC. The molecule has 0 heterocycles. The quantitative estimate of drug-likeness (QED) is 0.697. The predicted molar refractivity (Wildman–Crippen MR) is 105 cm³/mol. The standard InChI is InChI=1S/C21H25NO6/c1-6-17(28-14-9-7-8-13(2)10-14)20(23)22-16-12-19(26-4)18(25-3)11-15(16)21(24)27-5/h7-12,17H,6H2,1-5H3,(H,22,23)/t17-/m1/s1. The van der Waals surface area contributed by atoms with E-state index in [2.05, 4.69) is 5.32 Å². The summed E-state index contributed by atoms with van der Waals surface area (Å²) in [6.07, 6.45) is -0.291. The molecule has 0 aliphatic carbocycles. The van der Waals surface area contributed by atoms with Crippen LogP contribution in [0.2, 0.25) is 0 Å². The molecule has 0 unspecified atom stereocenters. The van der Waals surface area contributed by atoms with E-state index in [0.29, 0.717) is 23.7 Å². The number of carbonyl (C=O) groups is 2. The van der Waals surface area contributed by atoms with Gasteiger partial charge in [0.2, 0.25) is 0 Å². The summed E-state index contributed by atoms with van der Waals surface area (Å²) in [5.41, 5.74) is 1.43. The number of rotatable bonds is 8. The van der Waals surface area contributed by atoms with Crippen LogP contribution in [0.5, 0.6) is 17.2 Å². The molecule has 0 fully saturated rings. The van der Waals surface area contributed by atoms with Crippen molar-refractivity contribution in [3.8, 4) is 17.2 Å². The van der Waals surface area contributed by atoms with Gasteiger partial charge in [0.1, 0.15) is 5.75 Å². The molecule has 2 rings (SSSR count). The van der Waals surface area contributed by atoms with E-state index >= 15 is 0 Å². The van der Waals surface area contributed by atoms with Crippen molar-refractivity contribution in [3.05, 3.63) is 47.5 Å². The number of esters is 1. The third kappa shape index (κ3) is 4.94. The number of aryl methyl sites for hydroxylation is 1. The highest BCUT2D eigenvalue weighted by atomic mass is 16.5. The number of hydrogen-bond donors (Lipinski definition) is 1. The van der Waals surface area contributed by atoms with Crippen molar-refractivity contribution in [1.82, 2.24) is 0 Å². The molecule has 1 N–H and O–H groups in total. The van der Waals surface area contributed by atoms with Gasteiger partial charge >= 0.3 is 5.97 Å². The van der Waals surface area contributed by atoms with Gasteiger partial charge in [-0.2, -0.15) is 0 Å². The largest absolute Gasteiger partial charge is 0.493 e. The van der Waals surface area contributed by atoms with Crippen LogP contribution in [0.1, 0.15) is 29.3 Å². The minimum absolute atomic E-state index is 0.152. The topological polar surface area (TPSA) is 83.1 Å². The van der Waals surface area contributed by atoms with Crippen LogP contribution in [-0.2, 0) is 9.53 Å². The number of carbonyl (C=O) groups excluding carboxylic acids is 2. The van der Waals surface area contributed by atoms with Gasteiger partial charge in [-0.1, -0.05) is 19.1 Å². The Morgan fingerprint density at radius 1 is 1.04 bits per heavy atom. The Kier molecular flexibility index (Phi) is 7.26. The second-order valence-electron chi connectivity index (χ2n) is 6.06. The molecule has 2 aromatic carbocycles. The molecule has 0 radical (unpaired) electrons. The Balaban J connectivity index is 2.30. The van der Waals surface area contributed by atoms with Crippen LogP contribution in [0, 0.1) is 6.92 Å². The first-order valence-corrected chi connectivity index (χ1v) is 8.82. The molecular weight excluding hydrogens is 362 g/mol. The average molecular weight is 387 g/mol. The normalized spacial score (nSPS) is 11.3. The summed E-state index contributed by atoms with van der Waals surface area (Å²) >= 11 is 0. The van der Waals surface area contributed by atoms with E-state index in [1.54, 1.807) is 6.07 Å². The van der Waals surface area contributed by atoms with Crippen LogP contribution in [0.3, 0.4) is 0 Å². The zero-order valence-electron chi connectivity index (χ0n) is 16.7. The molecule has 0 aromatic heterocycles. The van der Waals surface area contributed by atoms with Crippen molar-refractivity contribution in [2.75, 3.05) is 26.6 Å². The third-order valence-corrected chi connectivity index (χ3v) is 4.12. The van der Waals surface area contributed by atoms with Crippen LogP contribution < -0.4 is 19.5 Å². The molecule has 1 atom stereocenters. The van der Waals surface area contributed by atoms with Crippen LogP contribution in [-0.4, -0.2) is 39.3 Å². The summed E-state index contributed by atoms with van der Waals surface area (Å²) in [4.78, 5) is 24.9. The van der Waals surface area contributed by atoms with Crippen molar-refractivity contribution in [3.63, 3.8) is 0 Å². The minimum atomic E-state index is -0.736. The molecule has 0 aliphatic rings. The molecule has 1 amide bonds. The van der Waals surface area contributed by atoms with Gasteiger partial charge in [0.25, 0.3) is 5.91 Å². The molecule has 0 saturated carbocycles. The van der Waals surface area contributed by atoms with E-state index in [0.717, 1.165) is 5.56 Å². The van der Waals surface area contributed by atoms with E-state index in [1.165, 1.54) is 33.5 Å². The molecule has 28 heavy (non-hydrogen) atoms. The predicted octanol–water partition coefficient (Wildman–Crippen LogP) is 3.59. The lowest BCUT2D eigenvalue weighted by molar-refractivity contribution is -0.122. The Hall–Kier alpha value is -3.22. The molecule has 150 valence electrons.